The lowest BCUT2D eigenvalue weighted by Gasteiger charge is -2.09. The summed E-state index contributed by atoms with van der Waals surface area (Å²) in [7, 11) is 0.202. The minimum absolute atomic E-state index is 0.170. The molecule has 0 spiro atoms. The van der Waals surface area contributed by atoms with Gasteiger partial charge in [-0.15, -0.1) is 13.2 Å². The minimum Gasteiger partial charge on any atom is -0.382 e. The normalized spacial score (nSPS) is 12.2. The molecule has 0 unspecified atom stereocenters. The third-order valence-electron chi connectivity index (χ3n) is 1.61. The molecular formula is C6H2ClF3N2O6S. The maximum Gasteiger partial charge on any atom is 0.574 e. The molecule has 1 N–H and O–H groups in total. The lowest BCUT2D eigenvalue weighted by Crippen LogP contribution is -2.22. The van der Waals surface area contributed by atoms with Crippen LogP contribution < -0.4 is 10.2 Å². The van der Waals surface area contributed by atoms with Crippen molar-refractivity contribution in [3.8, 4) is 5.88 Å². The van der Waals surface area contributed by atoms with Crippen LogP contribution in [0.15, 0.2) is 15.9 Å². The molecule has 0 bridgehead atoms. The maximum atomic E-state index is 12.0. The second-order valence-corrected chi connectivity index (χ2v) is 5.45. The largest absolute Gasteiger partial charge is 0.574 e. The number of pyridine rings is 1. The topological polar surface area (TPSA) is 119 Å². The molecule has 19 heavy (non-hydrogen) atoms. The molecule has 0 aliphatic carbocycles. The Kier molecular flexibility index (Phi) is 3.77. The van der Waals surface area contributed by atoms with Crippen LogP contribution in [0.1, 0.15) is 0 Å². The monoisotopic (exact) mass is 322 g/mol. The zero-order chi connectivity index (χ0) is 15.0. The van der Waals surface area contributed by atoms with Gasteiger partial charge >= 0.3 is 12.0 Å². The summed E-state index contributed by atoms with van der Waals surface area (Å²) >= 11 is 0. The first-order valence-electron chi connectivity index (χ1n) is 4.04. The van der Waals surface area contributed by atoms with Crippen LogP contribution in [0.2, 0.25) is 0 Å². The van der Waals surface area contributed by atoms with Crippen LogP contribution in [0, 0.1) is 10.1 Å². The summed E-state index contributed by atoms with van der Waals surface area (Å²) in [5.74, 6) is -1.68. The number of ether oxygens (including phenoxy) is 1. The zero-order valence-electron chi connectivity index (χ0n) is 8.39. The minimum atomic E-state index is -5.37. The fourth-order valence-corrected chi connectivity index (χ4v) is 1.71. The van der Waals surface area contributed by atoms with Gasteiger partial charge in [-0.05, 0) is 0 Å². The van der Waals surface area contributed by atoms with Gasteiger partial charge < -0.3 is 9.72 Å². The number of halogens is 4. The van der Waals surface area contributed by atoms with E-state index in [1.165, 1.54) is 4.98 Å². The molecule has 8 nitrogen and oxygen atoms in total. The van der Waals surface area contributed by atoms with Gasteiger partial charge in [0.05, 0.1) is 4.92 Å². The molecule has 0 amide bonds. The van der Waals surface area contributed by atoms with Crippen molar-refractivity contribution in [3.05, 3.63) is 26.4 Å². The lowest BCUT2D eigenvalue weighted by atomic mass is 10.4. The standard InChI is InChI=1S/C6H2ClF3N2O6S/c7-19(16,17)3-1-2(13)4(12(14)15)5(11-3)18-6(8,9)10/h1H,(H,11,13). The molecule has 0 aliphatic heterocycles. The van der Waals surface area contributed by atoms with Crippen molar-refractivity contribution < 1.29 is 31.2 Å². The molecule has 13 heteroatoms. The van der Waals surface area contributed by atoms with E-state index in [4.69, 9.17) is 10.7 Å². The molecular weight excluding hydrogens is 321 g/mol. The number of H-pyrrole nitrogens is 1. The van der Waals surface area contributed by atoms with Gasteiger partial charge in [0.2, 0.25) is 0 Å². The summed E-state index contributed by atoms with van der Waals surface area (Å²) in [6, 6.07) is 0.170. The summed E-state index contributed by atoms with van der Waals surface area (Å²) in [4.78, 5) is 21.6. The third kappa shape index (κ3) is 3.82. The van der Waals surface area contributed by atoms with E-state index in [1.54, 1.807) is 0 Å². The van der Waals surface area contributed by atoms with E-state index >= 15 is 0 Å². The Morgan fingerprint density at radius 1 is 1.42 bits per heavy atom. The quantitative estimate of drug-likeness (QED) is 0.505. The average molecular weight is 323 g/mol. The fraction of sp³-hybridized carbons (Fsp3) is 0.167. The Labute approximate surface area is 106 Å². The second-order valence-electron chi connectivity index (χ2n) is 2.92. The molecule has 1 rings (SSSR count). The number of hydrogen-bond donors (Lipinski definition) is 1. The number of hydrogen-bond acceptors (Lipinski definition) is 6. The van der Waals surface area contributed by atoms with Gasteiger partial charge in [-0.2, -0.15) is 0 Å². The van der Waals surface area contributed by atoms with Gasteiger partial charge in [0.1, 0.15) is 0 Å². The molecule has 0 fully saturated rings. The van der Waals surface area contributed by atoms with Gasteiger partial charge in [-0.25, -0.2) is 8.42 Å². The van der Waals surface area contributed by atoms with Gasteiger partial charge in [0.25, 0.3) is 20.4 Å². The van der Waals surface area contributed by atoms with Crippen molar-refractivity contribution in [2.45, 2.75) is 11.4 Å². The highest BCUT2D eigenvalue weighted by Gasteiger charge is 2.37. The maximum absolute atomic E-state index is 12.0. The van der Waals surface area contributed by atoms with Crippen LogP contribution in [0.3, 0.4) is 0 Å². The first kappa shape index (κ1) is 15.2. The van der Waals surface area contributed by atoms with Crippen molar-refractivity contribution in [3.63, 3.8) is 0 Å². The van der Waals surface area contributed by atoms with Crippen LogP contribution in [-0.2, 0) is 9.05 Å². The summed E-state index contributed by atoms with van der Waals surface area (Å²) in [5.41, 5.74) is -3.20. The second kappa shape index (κ2) is 4.70. The van der Waals surface area contributed by atoms with Crippen molar-refractivity contribution in [1.29, 1.82) is 0 Å². The number of nitrogens with one attached hydrogen (secondary N) is 1. The van der Waals surface area contributed by atoms with E-state index in [2.05, 4.69) is 4.74 Å². The molecule has 0 radical (unpaired) electrons. The molecule has 1 aromatic heterocycles. The number of alkyl halides is 3. The van der Waals surface area contributed by atoms with Crippen molar-refractivity contribution in [1.82, 2.24) is 4.98 Å². The first-order chi connectivity index (χ1) is 8.42. The lowest BCUT2D eigenvalue weighted by molar-refractivity contribution is -0.390. The number of aromatic nitrogens is 1. The Morgan fingerprint density at radius 3 is 2.32 bits per heavy atom. The number of nitro groups is 1. The van der Waals surface area contributed by atoms with Crippen LogP contribution in [0.25, 0.3) is 0 Å². The molecule has 1 aromatic rings. The molecule has 0 atom stereocenters. The summed E-state index contributed by atoms with van der Waals surface area (Å²) in [5, 5.41) is 9.28. The molecule has 106 valence electrons. The van der Waals surface area contributed by atoms with Crippen LogP contribution in [0.4, 0.5) is 18.9 Å². The van der Waals surface area contributed by atoms with E-state index in [0.717, 1.165) is 0 Å². The Bertz CT molecular complexity index is 681. The van der Waals surface area contributed by atoms with Crippen molar-refractivity contribution >= 4 is 25.4 Å². The molecule has 0 saturated heterocycles. The Hall–Kier alpha value is -1.82. The van der Waals surface area contributed by atoms with Gasteiger partial charge in [0.15, 0.2) is 5.03 Å². The number of aromatic amines is 1. The van der Waals surface area contributed by atoms with Gasteiger partial charge in [-0.1, -0.05) is 0 Å². The van der Waals surface area contributed by atoms with Crippen molar-refractivity contribution in [2.75, 3.05) is 0 Å². The van der Waals surface area contributed by atoms with E-state index in [-0.39, 0.29) is 6.07 Å². The highest BCUT2D eigenvalue weighted by molar-refractivity contribution is 8.13. The summed E-state index contributed by atoms with van der Waals surface area (Å²) < 4.78 is 60.9. The molecule has 1 heterocycles. The SMILES string of the molecule is O=c1cc(S(=O)(=O)Cl)[nH]c(OC(F)(F)F)c1[N+](=O)[O-]. The highest BCUT2D eigenvalue weighted by Crippen LogP contribution is 2.28. The Morgan fingerprint density at radius 2 is 1.95 bits per heavy atom. The van der Waals surface area contributed by atoms with E-state index in [1.807, 2.05) is 0 Å². The highest BCUT2D eigenvalue weighted by atomic mass is 35.7. The van der Waals surface area contributed by atoms with Crippen molar-refractivity contribution in [2.24, 2.45) is 0 Å². The van der Waals surface area contributed by atoms with Gasteiger partial charge in [-0.3, -0.25) is 14.9 Å². The summed E-state index contributed by atoms with van der Waals surface area (Å²) in [6.45, 7) is 0. The summed E-state index contributed by atoms with van der Waals surface area (Å²) in [6.07, 6.45) is -5.37. The fourth-order valence-electron chi connectivity index (χ4n) is 1.00. The predicted octanol–water partition coefficient (Wildman–Crippen LogP) is 1.11. The first-order valence-corrected chi connectivity index (χ1v) is 6.35. The predicted molar refractivity (Wildman–Crippen MR) is 53.4 cm³/mol. The number of rotatable bonds is 3. The number of nitrogens with zero attached hydrogens (tertiary/aromatic N) is 1. The Balaban J connectivity index is 3.60. The molecule has 0 aromatic carbocycles. The van der Waals surface area contributed by atoms with Crippen LogP contribution >= 0.6 is 10.7 Å². The van der Waals surface area contributed by atoms with E-state index in [0.29, 0.717) is 0 Å². The van der Waals surface area contributed by atoms with Crippen LogP contribution in [0.5, 0.6) is 5.88 Å². The molecule has 0 saturated carbocycles. The van der Waals surface area contributed by atoms with E-state index in [9.17, 15) is 36.5 Å². The smallest absolute Gasteiger partial charge is 0.382 e. The average Bonchev–Trinajstić information content (AvgIpc) is 2.11. The zero-order valence-corrected chi connectivity index (χ0v) is 9.97. The van der Waals surface area contributed by atoms with Gasteiger partial charge in [0, 0.05) is 16.7 Å². The van der Waals surface area contributed by atoms with E-state index < -0.39 is 42.4 Å². The van der Waals surface area contributed by atoms with Crippen LogP contribution in [-0.4, -0.2) is 24.7 Å². The third-order valence-corrected chi connectivity index (χ3v) is 2.85. The molecule has 0 aliphatic rings.